The van der Waals surface area contributed by atoms with Gasteiger partial charge < -0.3 is 15.5 Å². The maximum Gasteiger partial charge on any atom is 0.123 e. The number of hydrogen-bond donors (Lipinski definition) is 3. The molecule has 0 aliphatic heterocycles. The minimum atomic E-state index is -0.346. The van der Waals surface area contributed by atoms with Crippen LogP contribution in [0.4, 0.5) is 0 Å². The van der Waals surface area contributed by atoms with Gasteiger partial charge in [-0.2, -0.15) is 0 Å². The van der Waals surface area contributed by atoms with Crippen molar-refractivity contribution in [3.8, 4) is 11.5 Å². The van der Waals surface area contributed by atoms with Gasteiger partial charge in [0.05, 0.1) is 0 Å². The molecule has 0 spiro atoms. The highest BCUT2D eigenvalue weighted by Gasteiger charge is 2.39. The predicted octanol–water partition coefficient (Wildman–Crippen LogP) is 5.90. The molecule has 2 rings (SSSR count). The summed E-state index contributed by atoms with van der Waals surface area (Å²) in [5.74, 6) is 0.473. The molecule has 0 bridgehead atoms. The van der Waals surface area contributed by atoms with Crippen molar-refractivity contribution in [2.24, 2.45) is 5.92 Å². The summed E-state index contributed by atoms with van der Waals surface area (Å²) < 4.78 is 0. The molecule has 0 amide bonds. The Kier molecular flexibility index (Phi) is 5.84. The molecule has 0 heterocycles. The van der Waals surface area contributed by atoms with E-state index in [4.69, 9.17) is 0 Å². The van der Waals surface area contributed by atoms with E-state index in [0.717, 1.165) is 24.0 Å². The molecule has 27 heavy (non-hydrogen) atoms. The fourth-order valence-corrected chi connectivity index (χ4v) is 4.03. The van der Waals surface area contributed by atoms with E-state index < -0.39 is 0 Å². The average molecular weight is 370 g/mol. The SMILES string of the molecule is C=CNC(C)(C)C(C)(C)c1cc(O)c([C@@H]2C=C(C)CCC2C(=C)C)c(O)c1. The van der Waals surface area contributed by atoms with Crippen molar-refractivity contribution in [2.75, 3.05) is 0 Å². The lowest BCUT2D eigenvalue weighted by molar-refractivity contribution is 0.263. The highest BCUT2D eigenvalue weighted by Crippen LogP contribution is 2.48. The Morgan fingerprint density at radius 2 is 1.74 bits per heavy atom. The van der Waals surface area contributed by atoms with Crippen LogP contribution < -0.4 is 5.32 Å². The minimum absolute atomic E-state index is 0.0484. The molecule has 0 aromatic heterocycles. The molecular formula is C24H35NO2. The Hall–Kier alpha value is -2.16. The average Bonchev–Trinajstić information content (AvgIpc) is 2.53. The highest BCUT2D eigenvalue weighted by atomic mass is 16.3. The molecular weight excluding hydrogens is 334 g/mol. The molecule has 3 heteroatoms. The summed E-state index contributed by atoms with van der Waals surface area (Å²) in [6, 6.07) is 3.60. The highest BCUT2D eigenvalue weighted by molar-refractivity contribution is 5.53. The van der Waals surface area contributed by atoms with Crippen LogP contribution in [0.5, 0.6) is 11.5 Å². The van der Waals surface area contributed by atoms with Crippen LogP contribution in [-0.2, 0) is 5.41 Å². The molecule has 0 saturated heterocycles. The predicted molar refractivity (Wildman–Crippen MR) is 114 cm³/mol. The smallest absolute Gasteiger partial charge is 0.123 e. The van der Waals surface area contributed by atoms with E-state index in [1.165, 1.54) is 5.57 Å². The van der Waals surface area contributed by atoms with E-state index in [9.17, 15) is 10.2 Å². The van der Waals surface area contributed by atoms with E-state index in [1.54, 1.807) is 18.3 Å². The van der Waals surface area contributed by atoms with Gasteiger partial charge in [-0.05, 0) is 70.4 Å². The van der Waals surface area contributed by atoms with E-state index in [0.29, 0.717) is 5.56 Å². The molecule has 1 aromatic rings. The summed E-state index contributed by atoms with van der Waals surface area (Å²) in [5, 5.41) is 25.1. The van der Waals surface area contributed by atoms with E-state index >= 15 is 0 Å². The van der Waals surface area contributed by atoms with Gasteiger partial charge in [0.25, 0.3) is 0 Å². The van der Waals surface area contributed by atoms with Crippen LogP contribution in [0.2, 0.25) is 0 Å². The lowest BCUT2D eigenvalue weighted by Gasteiger charge is -2.43. The van der Waals surface area contributed by atoms with E-state index in [1.807, 2.05) is 6.92 Å². The van der Waals surface area contributed by atoms with Gasteiger partial charge in [-0.25, -0.2) is 0 Å². The number of benzene rings is 1. The Balaban J connectivity index is 2.56. The molecule has 1 aliphatic rings. The number of phenolic OH excluding ortho intramolecular Hbond substituents is 2. The van der Waals surface area contributed by atoms with Gasteiger partial charge in [0.15, 0.2) is 0 Å². The summed E-state index contributed by atoms with van der Waals surface area (Å²) in [6.07, 6.45) is 5.88. The summed E-state index contributed by atoms with van der Waals surface area (Å²) in [7, 11) is 0. The molecule has 1 aromatic carbocycles. The maximum absolute atomic E-state index is 10.9. The van der Waals surface area contributed by atoms with Gasteiger partial charge in [0.2, 0.25) is 0 Å². The van der Waals surface area contributed by atoms with Crippen LogP contribution in [-0.4, -0.2) is 15.8 Å². The zero-order valence-corrected chi connectivity index (χ0v) is 17.7. The van der Waals surface area contributed by atoms with Gasteiger partial charge in [-0.1, -0.05) is 44.2 Å². The van der Waals surface area contributed by atoms with Gasteiger partial charge >= 0.3 is 0 Å². The first kappa shape index (κ1) is 21.1. The van der Waals surface area contributed by atoms with Crippen molar-refractivity contribution in [1.29, 1.82) is 0 Å². The summed E-state index contributed by atoms with van der Waals surface area (Å²) in [6.45, 7) is 20.4. The van der Waals surface area contributed by atoms with Gasteiger partial charge in [-0.3, -0.25) is 0 Å². The molecule has 1 aliphatic carbocycles. The van der Waals surface area contributed by atoms with Crippen molar-refractivity contribution < 1.29 is 10.2 Å². The van der Waals surface area contributed by atoms with Crippen molar-refractivity contribution >= 4 is 0 Å². The van der Waals surface area contributed by atoms with Crippen LogP contribution >= 0.6 is 0 Å². The fourth-order valence-electron chi connectivity index (χ4n) is 4.03. The van der Waals surface area contributed by atoms with Crippen molar-refractivity contribution in [3.05, 3.63) is 59.8 Å². The van der Waals surface area contributed by atoms with E-state index in [-0.39, 0.29) is 34.3 Å². The first-order chi connectivity index (χ1) is 12.4. The third kappa shape index (κ3) is 3.92. The largest absolute Gasteiger partial charge is 0.507 e. The quantitative estimate of drug-likeness (QED) is 0.547. The van der Waals surface area contributed by atoms with Crippen molar-refractivity contribution in [2.45, 2.75) is 71.3 Å². The zero-order valence-electron chi connectivity index (χ0n) is 17.7. The second-order valence-electron chi connectivity index (χ2n) is 9.06. The number of phenols is 2. The molecule has 0 radical (unpaired) electrons. The number of hydrogen-bond acceptors (Lipinski definition) is 3. The third-order valence-electron chi connectivity index (χ3n) is 6.60. The molecule has 0 fully saturated rings. The molecule has 0 saturated carbocycles. The summed E-state index contributed by atoms with van der Waals surface area (Å²) in [5.41, 5.74) is 3.21. The first-order valence-electron chi connectivity index (χ1n) is 9.70. The van der Waals surface area contributed by atoms with E-state index in [2.05, 4.69) is 59.2 Å². The normalized spacial score (nSPS) is 20.7. The van der Waals surface area contributed by atoms with Crippen LogP contribution in [0, 0.1) is 5.92 Å². The Bertz CT molecular complexity index is 748. The lowest BCUT2D eigenvalue weighted by atomic mass is 9.68. The molecule has 148 valence electrons. The number of nitrogens with one attached hydrogen (secondary N) is 1. The first-order valence-corrected chi connectivity index (χ1v) is 9.70. The molecule has 3 N–H and O–H groups in total. The minimum Gasteiger partial charge on any atom is -0.507 e. The summed E-state index contributed by atoms with van der Waals surface area (Å²) in [4.78, 5) is 0. The number of aromatic hydroxyl groups is 2. The third-order valence-corrected chi connectivity index (χ3v) is 6.60. The van der Waals surface area contributed by atoms with Gasteiger partial charge in [0, 0.05) is 22.4 Å². The van der Waals surface area contributed by atoms with Gasteiger partial charge in [0.1, 0.15) is 11.5 Å². The van der Waals surface area contributed by atoms with Gasteiger partial charge in [-0.15, -0.1) is 0 Å². The zero-order chi connectivity index (χ0) is 20.6. The maximum atomic E-state index is 10.9. The monoisotopic (exact) mass is 369 g/mol. The number of rotatable bonds is 6. The second-order valence-corrected chi connectivity index (χ2v) is 9.06. The number of allylic oxidation sites excluding steroid dienone is 3. The van der Waals surface area contributed by atoms with Crippen LogP contribution in [0.15, 0.2) is 48.7 Å². The van der Waals surface area contributed by atoms with Crippen molar-refractivity contribution in [1.82, 2.24) is 5.32 Å². The lowest BCUT2D eigenvalue weighted by Crippen LogP contribution is -2.51. The van der Waals surface area contributed by atoms with Crippen LogP contribution in [0.25, 0.3) is 0 Å². The van der Waals surface area contributed by atoms with Crippen LogP contribution in [0.1, 0.15) is 71.4 Å². The molecule has 2 atom stereocenters. The second kappa shape index (κ2) is 7.46. The molecule has 1 unspecified atom stereocenters. The standard InChI is InChI=1S/C24H35NO2/c1-9-25-24(7,8)23(5,6)17-13-20(26)22(21(27)14-17)19-12-16(4)10-11-18(19)15(2)3/h9,12-14,18-19,25-27H,1-2,10-11H2,3-8H3/t18?,19-/m1/s1. The van der Waals surface area contributed by atoms with Crippen LogP contribution in [0.3, 0.4) is 0 Å². The fraction of sp³-hybridized carbons (Fsp3) is 0.500. The topological polar surface area (TPSA) is 52.5 Å². The molecule has 3 nitrogen and oxygen atoms in total. The summed E-state index contributed by atoms with van der Waals surface area (Å²) >= 11 is 0. The Morgan fingerprint density at radius 3 is 2.22 bits per heavy atom. The van der Waals surface area contributed by atoms with Crippen molar-refractivity contribution in [3.63, 3.8) is 0 Å². The Labute approximate surface area is 164 Å². The Morgan fingerprint density at radius 1 is 1.19 bits per heavy atom.